The van der Waals surface area contributed by atoms with Gasteiger partial charge in [-0.05, 0) is 32.0 Å². The summed E-state index contributed by atoms with van der Waals surface area (Å²) in [6.45, 7) is 6.21. The Hall–Kier alpha value is -0.380. The molecule has 1 N–H and O–H groups in total. The molecule has 0 aliphatic carbocycles. The molecule has 0 saturated carbocycles. The minimum absolute atomic E-state index is 0.272. The van der Waals surface area contributed by atoms with Crippen LogP contribution in [0.4, 0.5) is 0 Å². The molecule has 0 aromatic carbocycles. The highest BCUT2D eigenvalue weighted by Gasteiger charge is 2.25. The molecule has 1 aromatic heterocycles. The third kappa shape index (κ3) is 1.60. The molecule has 0 spiro atoms. The average Bonchev–Trinajstić information content (AvgIpc) is 2.45. The molecule has 0 saturated heterocycles. The van der Waals surface area contributed by atoms with Crippen LogP contribution in [0, 0.1) is 13.8 Å². The number of ether oxygens (including phenoxy) is 1. The van der Waals surface area contributed by atoms with Crippen LogP contribution in [0.5, 0.6) is 0 Å². The fourth-order valence-electron chi connectivity index (χ4n) is 2.05. The molecule has 0 radical (unpaired) electrons. The van der Waals surface area contributed by atoms with Gasteiger partial charge in [-0.3, -0.25) is 0 Å². The van der Waals surface area contributed by atoms with Gasteiger partial charge in [0.2, 0.25) is 0 Å². The molecule has 0 amide bonds. The number of hydrogen-bond donors (Lipinski definition) is 1. The number of aryl methyl sites for hydroxylation is 1. The van der Waals surface area contributed by atoms with Crippen molar-refractivity contribution in [1.29, 1.82) is 0 Å². The first-order valence-corrected chi connectivity index (χ1v) is 5.90. The van der Waals surface area contributed by atoms with Crippen LogP contribution in [-0.4, -0.2) is 20.2 Å². The van der Waals surface area contributed by atoms with Gasteiger partial charge in [-0.15, -0.1) is 11.3 Å². The summed E-state index contributed by atoms with van der Waals surface area (Å²) < 4.78 is 5.78. The van der Waals surface area contributed by atoms with Crippen LogP contribution in [0.3, 0.4) is 0 Å². The Morgan fingerprint density at radius 3 is 3.00 bits per heavy atom. The third-order valence-electron chi connectivity index (χ3n) is 2.87. The summed E-state index contributed by atoms with van der Waals surface area (Å²) in [5, 5.41) is 3.19. The molecule has 1 aromatic rings. The van der Waals surface area contributed by atoms with E-state index in [1.54, 1.807) is 0 Å². The summed E-state index contributed by atoms with van der Waals surface area (Å²) in [6, 6.07) is 0. The lowest BCUT2D eigenvalue weighted by atomic mass is 10.0. The first kappa shape index (κ1) is 10.1. The van der Waals surface area contributed by atoms with E-state index in [2.05, 4.69) is 19.2 Å². The molecule has 1 aliphatic rings. The molecule has 0 bridgehead atoms. The van der Waals surface area contributed by atoms with E-state index in [4.69, 9.17) is 4.74 Å². The van der Waals surface area contributed by atoms with E-state index in [9.17, 15) is 0 Å². The maximum atomic E-state index is 5.78. The summed E-state index contributed by atoms with van der Waals surface area (Å²) in [4.78, 5) is 2.98. The van der Waals surface area contributed by atoms with E-state index >= 15 is 0 Å². The second-order valence-corrected chi connectivity index (χ2v) is 5.10. The van der Waals surface area contributed by atoms with E-state index in [1.165, 1.54) is 20.9 Å². The fourth-order valence-corrected chi connectivity index (χ4v) is 3.26. The lowest BCUT2D eigenvalue weighted by molar-refractivity contribution is 0.0446. The van der Waals surface area contributed by atoms with Crippen LogP contribution >= 0.6 is 11.3 Å². The monoisotopic (exact) mass is 211 g/mol. The molecule has 2 heterocycles. The fraction of sp³-hybridized carbons (Fsp3) is 0.636. The van der Waals surface area contributed by atoms with Crippen molar-refractivity contribution in [3.05, 3.63) is 20.9 Å². The van der Waals surface area contributed by atoms with Crippen LogP contribution in [0.1, 0.15) is 27.0 Å². The van der Waals surface area contributed by atoms with Gasteiger partial charge in [0.15, 0.2) is 0 Å². The zero-order valence-electron chi connectivity index (χ0n) is 9.02. The lowest BCUT2D eigenvalue weighted by Gasteiger charge is -2.24. The van der Waals surface area contributed by atoms with Crippen LogP contribution < -0.4 is 5.32 Å². The Kier molecular flexibility index (Phi) is 2.91. The molecule has 1 aliphatic heterocycles. The minimum Gasteiger partial charge on any atom is -0.372 e. The number of thiophene rings is 1. The number of rotatable bonds is 2. The molecular weight excluding hydrogens is 194 g/mol. The zero-order valence-corrected chi connectivity index (χ0v) is 9.83. The number of likely N-dealkylation sites (N-methyl/N-ethyl adjacent to an activating group) is 1. The highest BCUT2D eigenvalue weighted by Crippen LogP contribution is 2.36. The van der Waals surface area contributed by atoms with Crippen molar-refractivity contribution in [2.24, 2.45) is 0 Å². The van der Waals surface area contributed by atoms with Gasteiger partial charge >= 0.3 is 0 Å². The van der Waals surface area contributed by atoms with Crippen molar-refractivity contribution in [3.63, 3.8) is 0 Å². The van der Waals surface area contributed by atoms with E-state index in [-0.39, 0.29) is 6.10 Å². The Morgan fingerprint density at radius 2 is 2.29 bits per heavy atom. The van der Waals surface area contributed by atoms with Crippen molar-refractivity contribution < 1.29 is 4.74 Å². The highest BCUT2D eigenvalue weighted by atomic mass is 32.1. The zero-order chi connectivity index (χ0) is 10.1. The Morgan fingerprint density at radius 1 is 1.50 bits per heavy atom. The number of nitrogens with one attached hydrogen (secondary N) is 1. The summed E-state index contributed by atoms with van der Waals surface area (Å²) in [7, 11) is 1.98. The van der Waals surface area contributed by atoms with Gasteiger partial charge in [0.05, 0.1) is 12.7 Å². The first-order chi connectivity index (χ1) is 6.74. The minimum atomic E-state index is 0.272. The average molecular weight is 211 g/mol. The maximum Gasteiger partial charge on any atom is 0.0962 e. The third-order valence-corrected chi connectivity index (χ3v) is 4.15. The molecule has 2 nitrogen and oxygen atoms in total. The molecular formula is C11H17NOS. The standard InChI is InChI=1S/C11H17NOS/c1-7-8(2)14-10-4-5-13-9(6-12-3)11(7)10/h9,12H,4-6H2,1-3H3/t9-/m0/s1. The summed E-state index contributed by atoms with van der Waals surface area (Å²) >= 11 is 1.94. The second kappa shape index (κ2) is 4.01. The predicted molar refractivity (Wildman–Crippen MR) is 60.1 cm³/mol. The Labute approximate surface area is 89.3 Å². The van der Waals surface area contributed by atoms with E-state index in [0.717, 1.165) is 19.6 Å². The van der Waals surface area contributed by atoms with Crippen LogP contribution in [0.25, 0.3) is 0 Å². The van der Waals surface area contributed by atoms with Crippen molar-refractivity contribution in [1.82, 2.24) is 5.32 Å². The van der Waals surface area contributed by atoms with Gasteiger partial charge < -0.3 is 10.1 Å². The highest BCUT2D eigenvalue weighted by molar-refractivity contribution is 7.12. The summed E-state index contributed by atoms with van der Waals surface area (Å²) in [5.41, 5.74) is 2.89. The molecule has 2 rings (SSSR count). The van der Waals surface area contributed by atoms with Crippen LogP contribution in [0.15, 0.2) is 0 Å². The van der Waals surface area contributed by atoms with Crippen molar-refractivity contribution >= 4 is 11.3 Å². The molecule has 1 atom stereocenters. The molecule has 14 heavy (non-hydrogen) atoms. The van der Waals surface area contributed by atoms with Crippen molar-refractivity contribution in [2.75, 3.05) is 20.2 Å². The van der Waals surface area contributed by atoms with E-state index in [1.807, 2.05) is 18.4 Å². The van der Waals surface area contributed by atoms with Gasteiger partial charge in [0, 0.05) is 22.7 Å². The Balaban J connectivity index is 2.36. The van der Waals surface area contributed by atoms with Gasteiger partial charge in [-0.2, -0.15) is 0 Å². The van der Waals surface area contributed by atoms with Gasteiger partial charge in [-0.25, -0.2) is 0 Å². The normalized spacial score (nSPS) is 20.9. The summed E-state index contributed by atoms with van der Waals surface area (Å²) in [6.07, 6.45) is 1.36. The smallest absolute Gasteiger partial charge is 0.0962 e. The second-order valence-electron chi connectivity index (χ2n) is 3.79. The molecule has 0 unspecified atom stereocenters. The van der Waals surface area contributed by atoms with Gasteiger partial charge in [-0.1, -0.05) is 0 Å². The predicted octanol–water partition coefficient (Wildman–Crippen LogP) is 2.20. The first-order valence-electron chi connectivity index (χ1n) is 5.09. The Bertz CT molecular complexity index is 332. The lowest BCUT2D eigenvalue weighted by Crippen LogP contribution is -2.24. The largest absolute Gasteiger partial charge is 0.372 e. The molecule has 78 valence electrons. The van der Waals surface area contributed by atoms with Crippen molar-refractivity contribution in [3.8, 4) is 0 Å². The van der Waals surface area contributed by atoms with Crippen LogP contribution in [-0.2, 0) is 11.2 Å². The number of hydrogen-bond acceptors (Lipinski definition) is 3. The molecule has 0 fully saturated rings. The van der Waals surface area contributed by atoms with Gasteiger partial charge in [0.1, 0.15) is 0 Å². The van der Waals surface area contributed by atoms with E-state index in [0.29, 0.717) is 0 Å². The maximum absolute atomic E-state index is 5.78. The van der Waals surface area contributed by atoms with Gasteiger partial charge in [0.25, 0.3) is 0 Å². The summed E-state index contributed by atoms with van der Waals surface area (Å²) in [5.74, 6) is 0. The quantitative estimate of drug-likeness (QED) is 0.809. The van der Waals surface area contributed by atoms with E-state index < -0.39 is 0 Å². The number of fused-ring (bicyclic) bond motifs is 1. The molecule has 3 heteroatoms. The van der Waals surface area contributed by atoms with Crippen molar-refractivity contribution in [2.45, 2.75) is 26.4 Å². The van der Waals surface area contributed by atoms with Crippen LogP contribution in [0.2, 0.25) is 0 Å². The topological polar surface area (TPSA) is 21.3 Å². The SMILES string of the molecule is CNC[C@@H]1OCCc2sc(C)c(C)c21.